The van der Waals surface area contributed by atoms with Gasteiger partial charge in [-0.2, -0.15) is 0 Å². The summed E-state index contributed by atoms with van der Waals surface area (Å²) >= 11 is 0. The van der Waals surface area contributed by atoms with E-state index in [2.05, 4.69) is 16.5 Å². The summed E-state index contributed by atoms with van der Waals surface area (Å²) in [6, 6.07) is 10.7. The van der Waals surface area contributed by atoms with Crippen LogP contribution < -0.4 is 4.74 Å². The zero-order valence-corrected chi connectivity index (χ0v) is 15.6. The number of hydrogen-bond donors (Lipinski definition) is 1. The Kier molecular flexibility index (Phi) is 4.74. The predicted molar refractivity (Wildman–Crippen MR) is 100 cm³/mol. The Morgan fingerprint density at radius 3 is 2.76 bits per heavy atom. The Hall–Kier alpha value is -3.00. The van der Waals surface area contributed by atoms with Crippen molar-refractivity contribution < 1.29 is 27.9 Å². The van der Waals surface area contributed by atoms with Crippen molar-refractivity contribution in [3.8, 4) is 11.5 Å². The molecular weight excluding hydrogens is 385 g/mol. The number of benzene rings is 2. The predicted octanol–water partition coefficient (Wildman–Crippen LogP) is 4.85. The quantitative estimate of drug-likeness (QED) is 0.741. The molecule has 4 rings (SSSR count). The van der Waals surface area contributed by atoms with Gasteiger partial charge in [0, 0.05) is 6.54 Å². The van der Waals surface area contributed by atoms with Crippen LogP contribution in [-0.4, -0.2) is 28.3 Å². The van der Waals surface area contributed by atoms with Crippen molar-refractivity contribution in [2.24, 2.45) is 5.16 Å². The third-order valence-electron chi connectivity index (χ3n) is 5.17. The van der Waals surface area contributed by atoms with Crippen molar-refractivity contribution in [3.05, 3.63) is 71.8 Å². The van der Waals surface area contributed by atoms with Crippen molar-refractivity contribution in [1.82, 2.24) is 4.90 Å². The van der Waals surface area contributed by atoms with E-state index >= 15 is 0 Å². The lowest BCUT2D eigenvalue weighted by molar-refractivity contribution is -0.274. The van der Waals surface area contributed by atoms with Gasteiger partial charge in [0.05, 0.1) is 17.7 Å². The number of ether oxygens (including phenoxy) is 1. The number of hydrogen-bond acceptors (Lipinski definition) is 5. The number of oxime groups is 1. The maximum Gasteiger partial charge on any atom is 0.573 e. The van der Waals surface area contributed by atoms with Crippen LogP contribution in [0.2, 0.25) is 0 Å². The molecule has 0 fully saturated rings. The van der Waals surface area contributed by atoms with Crippen molar-refractivity contribution >= 4 is 5.71 Å². The average Bonchev–Trinajstić information content (AvgIpc) is 3.02. The van der Waals surface area contributed by atoms with Gasteiger partial charge in [-0.15, -0.1) is 19.8 Å². The summed E-state index contributed by atoms with van der Waals surface area (Å²) < 4.78 is 41.7. The van der Waals surface area contributed by atoms with Crippen LogP contribution in [0.4, 0.5) is 13.2 Å². The molecule has 152 valence electrons. The first-order chi connectivity index (χ1) is 13.8. The van der Waals surface area contributed by atoms with Crippen LogP contribution in [0.25, 0.3) is 0 Å². The fourth-order valence-corrected chi connectivity index (χ4v) is 4.03. The van der Waals surface area contributed by atoms with E-state index in [-0.39, 0.29) is 30.0 Å². The fraction of sp³-hybridized carbons (Fsp3) is 0.286. The lowest BCUT2D eigenvalue weighted by atomic mass is 9.81. The van der Waals surface area contributed by atoms with Crippen LogP contribution in [0.3, 0.4) is 0 Å². The highest BCUT2D eigenvalue weighted by Gasteiger charge is 2.46. The molecule has 5 nitrogen and oxygen atoms in total. The molecule has 0 unspecified atom stereocenters. The van der Waals surface area contributed by atoms with E-state index < -0.39 is 12.6 Å². The number of rotatable bonds is 4. The molecule has 2 aromatic rings. The average molecular weight is 404 g/mol. The molecule has 0 saturated heterocycles. The molecule has 29 heavy (non-hydrogen) atoms. The van der Waals surface area contributed by atoms with Gasteiger partial charge in [0.15, 0.2) is 6.23 Å². The zero-order chi connectivity index (χ0) is 20.8. The molecule has 0 amide bonds. The van der Waals surface area contributed by atoms with Crippen LogP contribution >= 0.6 is 0 Å². The van der Waals surface area contributed by atoms with Crippen LogP contribution in [0.15, 0.2) is 60.3 Å². The second-order valence-electron chi connectivity index (χ2n) is 7.07. The van der Waals surface area contributed by atoms with Gasteiger partial charge in [-0.3, -0.25) is 4.90 Å². The Morgan fingerprint density at radius 2 is 2.03 bits per heavy atom. The SMILES string of the molecule is C=C[C@@H]1c2cc(O)ccc2[C@H]2C(C)=NO[C@H]2N1Cc1cccc(OC(F)(F)F)c1. The molecule has 8 heteroatoms. The normalized spacial score (nSPS) is 23.6. The summed E-state index contributed by atoms with van der Waals surface area (Å²) in [5.41, 5.74) is 3.27. The Bertz CT molecular complexity index is 974. The molecular formula is C21H19F3N2O3. The topological polar surface area (TPSA) is 54.3 Å². The molecule has 0 aromatic heterocycles. The number of phenols is 1. The Morgan fingerprint density at radius 1 is 1.24 bits per heavy atom. The highest BCUT2D eigenvalue weighted by Crippen LogP contribution is 2.46. The first kappa shape index (κ1) is 19.3. The molecule has 2 aliphatic heterocycles. The standard InChI is InChI=1S/C21H19F3N2O3/c1-3-18-17-10-14(27)7-8-16(17)19-12(2)25-29-20(19)26(18)11-13-5-4-6-15(9-13)28-21(22,23)24/h3-10,18-20,27H,1,11H2,2H3/t18-,19-,20-/m1/s1. The van der Waals surface area contributed by atoms with Crippen LogP contribution in [-0.2, 0) is 11.4 Å². The van der Waals surface area contributed by atoms with Crippen molar-refractivity contribution in [1.29, 1.82) is 0 Å². The molecule has 0 spiro atoms. The van der Waals surface area contributed by atoms with Gasteiger partial charge in [0.1, 0.15) is 11.5 Å². The summed E-state index contributed by atoms with van der Waals surface area (Å²) in [6.45, 7) is 6.06. The number of alkyl halides is 3. The third-order valence-corrected chi connectivity index (χ3v) is 5.17. The summed E-state index contributed by atoms with van der Waals surface area (Å²) in [7, 11) is 0. The van der Waals surface area contributed by atoms with Gasteiger partial charge in [-0.1, -0.05) is 29.4 Å². The van der Waals surface area contributed by atoms with Crippen LogP contribution in [0.1, 0.15) is 35.6 Å². The maximum absolute atomic E-state index is 12.6. The minimum atomic E-state index is -4.76. The molecule has 2 aromatic carbocycles. The fourth-order valence-electron chi connectivity index (χ4n) is 4.03. The molecule has 0 aliphatic carbocycles. The second kappa shape index (κ2) is 7.11. The van der Waals surface area contributed by atoms with E-state index in [4.69, 9.17) is 4.84 Å². The van der Waals surface area contributed by atoms with Crippen LogP contribution in [0.5, 0.6) is 11.5 Å². The first-order valence-electron chi connectivity index (χ1n) is 9.03. The first-order valence-corrected chi connectivity index (χ1v) is 9.03. The summed E-state index contributed by atoms with van der Waals surface area (Å²) in [6.07, 6.45) is -3.46. The van der Waals surface area contributed by atoms with Gasteiger partial charge in [-0.05, 0) is 47.9 Å². The Balaban J connectivity index is 1.70. The van der Waals surface area contributed by atoms with Gasteiger partial charge in [-0.25, -0.2) is 0 Å². The van der Waals surface area contributed by atoms with Gasteiger partial charge >= 0.3 is 6.36 Å². The smallest absolute Gasteiger partial charge is 0.508 e. The van der Waals surface area contributed by atoms with Gasteiger partial charge in [0.2, 0.25) is 0 Å². The molecule has 0 bridgehead atoms. The number of halogens is 3. The summed E-state index contributed by atoms with van der Waals surface area (Å²) in [5, 5.41) is 14.1. The van der Waals surface area contributed by atoms with E-state index in [1.54, 1.807) is 24.3 Å². The van der Waals surface area contributed by atoms with Gasteiger partial charge < -0.3 is 14.7 Å². The molecule has 0 saturated carbocycles. The molecule has 2 aliphatic rings. The largest absolute Gasteiger partial charge is 0.573 e. The van der Waals surface area contributed by atoms with Crippen molar-refractivity contribution in [3.63, 3.8) is 0 Å². The van der Waals surface area contributed by atoms with Gasteiger partial charge in [0.25, 0.3) is 0 Å². The highest BCUT2D eigenvalue weighted by atomic mass is 19.4. The minimum Gasteiger partial charge on any atom is -0.508 e. The number of aromatic hydroxyl groups is 1. The molecule has 2 heterocycles. The maximum atomic E-state index is 12.6. The van der Waals surface area contributed by atoms with E-state index in [0.29, 0.717) is 5.56 Å². The lowest BCUT2D eigenvalue weighted by Gasteiger charge is -2.42. The Labute approximate surface area is 165 Å². The van der Waals surface area contributed by atoms with E-state index in [1.165, 1.54) is 18.2 Å². The van der Waals surface area contributed by atoms with Crippen molar-refractivity contribution in [2.45, 2.75) is 38.0 Å². The molecule has 1 N–H and O–H groups in total. The van der Waals surface area contributed by atoms with E-state index in [1.807, 2.05) is 17.9 Å². The van der Waals surface area contributed by atoms with E-state index in [0.717, 1.165) is 16.8 Å². The summed E-state index contributed by atoms with van der Waals surface area (Å²) in [4.78, 5) is 7.64. The second-order valence-corrected chi connectivity index (χ2v) is 7.07. The van der Waals surface area contributed by atoms with Crippen LogP contribution in [0, 0.1) is 0 Å². The number of phenolic OH excluding ortho intramolecular Hbond substituents is 1. The molecule has 3 atom stereocenters. The summed E-state index contributed by atoms with van der Waals surface area (Å²) in [5.74, 6) is -0.295. The van der Waals surface area contributed by atoms with Crippen molar-refractivity contribution in [2.75, 3.05) is 0 Å². The third kappa shape index (κ3) is 3.67. The number of fused-ring (bicyclic) bond motifs is 3. The number of nitrogens with zero attached hydrogens (tertiary/aromatic N) is 2. The zero-order valence-electron chi connectivity index (χ0n) is 15.6. The lowest BCUT2D eigenvalue weighted by Crippen LogP contribution is -2.45. The monoisotopic (exact) mass is 404 g/mol. The van der Waals surface area contributed by atoms with E-state index in [9.17, 15) is 18.3 Å². The minimum absolute atomic E-state index is 0.128. The molecule has 0 radical (unpaired) electrons. The highest BCUT2D eigenvalue weighted by molar-refractivity contribution is 5.91.